The molecule has 0 atom stereocenters. The van der Waals surface area contributed by atoms with Gasteiger partial charge in [0.25, 0.3) is 0 Å². The molecular weight excluding hydrogens is 709 g/mol. The maximum absolute atomic E-state index is 2.49. The fourth-order valence-electron chi connectivity index (χ4n) is 11.3. The Bertz CT molecular complexity index is 3510. The lowest BCUT2D eigenvalue weighted by molar-refractivity contribution is 0.667. The molecule has 0 fully saturated rings. The van der Waals surface area contributed by atoms with Gasteiger partial charge in [-0.2, -0.15) is 0 Å². The van der Waals surface area contributed by atoms with Crippen molar-refractivity contribution in [1.82, 2.24) is 0 Å². The Hall–Kier alpha value is -7.28. The molecular formula is C59H38. The van der Waals surface area contributed by atoms with Crippen LogP contribution in [0, 0.1) is 0 Å². The van der Waals surface area contributed by atoms with Gasteiger partial charge in [0, 0.05) is 5.41 Å². The molecule has 0 N–H and O–H groups in total. The Morgan fingerprint density at radius 3 is 1.51 bits per heavy atom. The Morgan fingerprint density at radius 1 is 0.288 bits per heavy atom. The molecule has 0 heteroatoms. The van der Waals surface area contributed by atoms with E-state index in [-0.39, 0.29) is 5.41 Å². The molecule has 2 aliphatic carbocycles. The first-order valence-electron chi connectivity index (χ1n) is 20.9. The van der Waals surface area contributed by atoms with Crippen LogP contribution in [0.5, 0.6) is 0 Å². The summed E-state index contributed by atoms with van der Waals surface area (Å²) in [5.41, 5.74) is 18.4. The maximum Gasteiger partial charge on any atom is 0.0165 e. The van der Waals surface area contributed by atoms with Crippen LogP contribution in [0.3, 0.4) is 0 Å². The third-order valence-electron chi connectivity index (χ3n) is 13.7. The minimum Gasteiger partial charge on any atom is -0.0622 e. The Morgan fingerprint density at radius 2 is 0.831 bits per heavy atom. The third kappa shape index (κ3) is 4.33. The second-order valence-electron chi connectivity index (χ2n) is 17.1. The molecule has 0 saturated heterocycles. The number of hydrogen-bond acceptors (Lipinski definition) is 0. The summed E-state index contributed by atoms with van der Waals surface area (Å²) in [7, 11) is 0. The number of fused-ring (bicyclic) bond motifs is 14. The smallest absolute Gasteiger partial charge is 0.0165 e. The van der Waals surface area contributed by atoms with Crippen molar-refractivity contribution >= 4 is 53.9 Å². The van der Waals surface area contributed by atoms with E-state index >= 15 is 0 Å². The number of rotatable bonds is 3. The van der Waals surface area contributed by atoms with Crippen LogP contribution in [-0.4, -0.2) is 0 Å². The fourth-order valence-corrected chi connectivity index (χ4v) is 11.3. The van der Waals surface area contributed by atoms with E-state index in [9.17, 15) is 0 Å². The van der Waals surface area contributed by atoms with Crippen LogP contribution in [0.4, 0.5) is 0 Å². The van der Waals surface area contributed by atoms with Crippen LogP contribution < -0.4 is 0 Å². The molecule has 13 rings (SSSR count). The van der Waals surface area contributed by atoms with Gasteiger partial charge in [0.2, 0.25) is 0 Å². The Labute approximate surface area is 343 Å². The van der Waals surface area contributed by atoms with E-state index in [1.165, 1.54) is 132 Å². The molecule has 0 radical (unpaired) electrons. The zero-order valence-electron chi connectivity index (χ0n) is 33.0. The predicted octanol–water partition coefficient (Wildman–Crippen LogP) is 16.4. The first-order valence-corrected chi connectivity index (χ1v) is 20.9. The SMILES string of the molecule is CC1(C)c2ccc3ccccc3c2-c2c1c1ccc(-c3ccc4c5c(cccc35)-c3c-4c(-c4ccccc4)c4ccccc4c3-c3ccccc3)cc1c1ccccc21. The lowest BCUT2D eigenvalue weighted by Gasteiger charge is -2.24. The zero-order valence-corrected chi connectivity index (χ0v) is 33.0. The molecule has 0 aliphatic heterocycles. The van der Waals surface area contributed by atoms with E-state index in [0.29, 0.717) is 0 Å². The van der Waals surface area contributed by atoms with Crippen LogP contribution >= 0.6 is 0 Å². The fraction of sp³-hybridized carbons (Fsp3) is 0.0508. The van der Waals surface area contributed by atoms with Gasteiger partial charge < -0.3 is 0 Å². The molecule has 0 amide bonds. The predicted molar refractivity (Wildman–Crippen MR) is 252 cm³/mol. The van der Waals surface area contributed by atoms with Gasteiger partial charge in [-0.3, -0.25) is 0 Å². The molecule has 11 aromatic rings. The van der Waals surface area contributed by atoms with E-state index < -0.39 is 0 Å². The summed E-state index contributed by atoms with van der Waals surface area (Å²) in [5.74, 6) is 0. The largest absolute Gasteiger partial charge is 0.0622 e. The lowest BCUT2D eigenvalue weighted by atomic mass is 9.78. The molecule has 0 unspecified atom stereocenters. The van der Waals surface area contributed by atoms with Crippen molar-refractivity contribution in [3.63, 3.8) is 0 Å². The van der Waals surface area contributed by atoms with Gasteiger partial charge in [0.15, 0.2) is 0 Å². The van der Waals surface area contributed by atoms with Crippen molar-refractivity contribution in [2.45, 2.75) is 19.3 Å². The van der Waals surface area contributed by atoms with E-state index in [2.05, 4.69) is 208 Å². The van der Waals surface area contributed by atoms with Gasteiger partial charge in [0.05, 0.1) is 0 Å². The summed E-state index contributed by atoms with van der Waals surface area (Å²) < 4.78 is 0. The summed E-state index contributed by atoms with van der Waals surface area (Å²) >= 11 is 0. The molecule has 0 saturated carbocycles. The molecule has 59 heavy (non-hydrogen) atoms. The topological polar surface area (TPSA) is 0 Å². The molecule has 0 spiro atoms. The van der Waals surface area contributed by atoms with Crippen LogP contribution in [0.25, 0.3) is 121 Å². The summed E-state index contributed by atoms with van der Waals surface area (Å²) in [4.78, 5) is 0. The standard InChI is InChI=1S/C59H38/c1-59(2)50-33-29-35-16-9-10-21-40(35)54(50)57-43-23-12-11-22-41(43)49-34-38(28-30-46(49)58(57)59)39-31-32-48-53-42(39)26-15-27-47(53)55-51(36-17-5-3-6-18-36)44-24-13-14-25-45(44)52(56(48)55)37-19-7-4-8-20-37/h3-34H,1-2H3. The van der Waals surface area contributed by atoms with Gasteiger partial charge >= 0.3 is 0 Å². The van der Waals surface area contributed by atoms with Crippen molar-refractivity contribution < 1.29 is 0 Å². The molecule has 0 aromatic heterocycles. The van der Waals surface area contributed by atoms with Gasteiger partial charge in [0.1, 0.15) is 0 Å². The summed E-state index contributed by atoms with van der Waals surface area (Å²) in [6.45, 7) is 4.85. The van der Waals surface area contributed by atoms with Crippen LogP contribution in [0.15, 0.2) is 194 Å². The van der Waals surface area contributed by atoms with Gasteiger partial charge in [-0.1, -0.05) is 202 Å². The summed E-state index contributed by atoms with van der Waals surface area (Å²) in [5, 5.41) is 13.1. The van der Waals surface area contributed by atoms with Crippen molar-refractivity contribution in [2.75, 3.05) is 0 Å². The first-order chi connectivity index (χ1) is 29.1. The molecule has 11 aromatic carbocycles. The minimum atomic E-state index is -0.150. The minimum absolute atomic E-state index is 0.150. The summed E-state index contributed by atoms with van der Waals surface area (Å²) in [6, 6.07) is 72.8. The maximum atomic E-state index is 2.49. The van der Waals surface area contributed by atoms with E-state index in [1.807, 2.05) is 0 Å². The third-order valence-corrected chi connectivity index (χ3v) is 13.7. The molecule has 2 aliphatic rings. The van der Waals surface area contributed by atoms with E-state index in [0.717, 1.165) is 0 Å². The van der Waals surface area contributed by atoms with Crippen molar-refractivity contribution in [3.8, 4) is 66.8 Å². The van der Waals surface area contributed by atoms with Gasteiger partial charge in [-0.25, -0.2) is 0 Å². The highest BCUT2D eigenvalue weighted by atomic mass is 14.4. The average molecular weight is 747 g/mol. The van der Waals surface area contributed by atoms with Crippen molar-refractivity contribution in [1.29, 1.82) is 0 Å². The van der Waals surface area contributed by atoms with Gasteiger partial charge in [-0.15, -0.1) is 0 Å². The highest BCUT2D eigenvalue weighted by molar-refractivity contribution is 6.29. The number of benzene rings is 11. The van der Waals surface area contributed by atoms with Crippen molar-refractivity contribution in [3.05, 3.63) is 205 Å². The normalized spacial score (nSPS) is 13.4. The quantitative estimate of drug-likeness (QED) is 0.158. The number of hydrogen-bond donors (Lipinski definition) is 0. The van der Waals surface area contributed by atoms with Gasteiger partial charge in [-0.05, 0) is 138 Å². The second-order valence-corrected chi connectivity index (χ2v) is 17.1. The average Bonchev–Trinajstić information content (AvgIpc) is 3.75. The zero-order chi connectivity index (χ0) is 39.0. The molecule has 0 bridgehead atoms. The van der Waals surface area contributed by atoms with E-state index in [4.69, 9.17) is 0 Å². The lowest BCUT2D eigenvalue weighted by Crippen LogP contribution is -2.15. The highest BCUT2D eigenvalue weighted by Gasteiger charge is 2.39. The Balaban J connectivity index is 1.10. The van der Waals surface area contributed by atoms with Crippen LogP contribution in [-0.2, 0) is 5.41 Å². The molecule has 274 valence electrons. The monoisotopic (exact) mass is 746 g/mol. The Kier molecular flexibility index (Phi) is 6.60. The van der Waals surface area contributed by atoms with Crippen LogP contribution in [0.2, 0.25) is 0 Å². The first kappa shape index (κ1) is 32.8. The van der Waals surface area contributed by atoms with Crippen molar-refractivity contribution in [2.24, 2.45) is 0 Å². The molecule has 0 heterocycles. The van der Waals surface area contributed by atoms with Crippen LogP contribution in [0.1, 0.15) is 25.0 Å². The highest BCUT2D eigenvalue weighted by Crippen LogP contribution is 2.60. The van der Waals surface area contributed by atoms with E-state index in [1.54, 1.807) is 0 Å². The second kappa shape index (κ2) is 11.9. The summed E-state index contributed by atoms with van der Waals surface area (Å²) in [6.07, 6.45) is 0. The molecule has 0 nitrogen and oxygen atoms in total.